The number of nitrogens with zero attached hydrogens (tertiary/aromatic N) is 6. The number of nitrogens with one attached hydrogen (secondary N) is 1. The normalized spacial score (nSPS) is 14.3. The van der Waals surface area contributed by atoms with E-state index in [-0.39, 0.29) is 11.8 Å². The van der Waals surface area contributed by atoms with Crippen LogP contribution in [0.15, 0.2) is 9.68 Å². The first-order valence-corrected chi connectivity index (χ1v) is 9.74. The highest BCUT2D eigenvalue weighted by molar-refractivity contribution is 7.98. The largest absolute Gasteiger partial charge is 0.481 e. The van der Waals surface area contributed by atoms with Crippen LogP contribution in [0.2, 0.25) is 0 Å². The fourth-order valence-corrected chi connectivity index (χ4v) is 3.37. The minimum absolute atomic E-state index is 0.00367. The van der Waals surface area contributed by atoms with Gasteiger partial charge in [0.1, 0.15) is 5.82 Å². The van der Waals surface area contributed by atoms with Crippen molar-refractivity contribution >= 4 is 23.6 Å². The predicted octanol–water partition coefficient (Wildman–Crippen LogP) is 0.750. The lowest BCUT2D eigenvalue weighted by molar-refractivity contribution is -0.134. The topological polar surface area (TPSA) is 139 Å². The van der Waals surface area contributed by atoms with Gasteiger partial charge in [-0.3, -0.25) is 9.59 Å². The van der Waals surface area contributed by atoms with E-state index < -0.39 is 5.97 Å². The molecule has 1 amide bonds. The number of carboxylic acid groups (broad SMARTS) is 1. The van der Waals surface area contributed by atoms with Crippen molar-refractivity contribution in [2.24, 2.45) is 7.05 Å². The Hall–Kier alpha value is -2.47. The van der Waals surface area contributed by atoms with Crippen molar-refractivity contribution in [1.82, 2.24) is 35.1 Å². The summed E-state index contributed by atoms with van der Waals surface area (Å²) in [6.07, 6.45) is 2.16. The Labute approximate surface area is 166 Å². The third kappa shape index (κ3) is 6.02. The summed E-state index contributed by atoms with van der Waals surface area (Å²) in [6.45, 7) is 3.12. The van der Waals surface area contributed by atoms with Gasteiger partial charge in [-0.25, -0.2) is 0 Å². The molecular weight excluding hydrogens is 386 g/mol. The molecule has 0 saturated carbocycles. The third-order valence-corrected chi connectivity index (χ3v) is 4.98. The molecule has 0 spiro atoms. The summed E-state index contributed by atoms with van der Waals surface area (Å²) >= 11 is 1.48. The average molecular weight is 411 g/mol. The van der Waals surface area contributed by atoms with Gasteiger partial charge in [-0.2, -0.15) is 4.98 Å². The molecule has 1 fully saturated rings. The molecule has 3 heterocycles. The standard InChI is InChI=1S/C14H21N7O2S.C2H4O2/c1-20(2)13(22)12-16-10(19-23-12)8-24-14-18-17-11(21(14)3)9-4-6-15-7-5-9;1-2(3)4/h9,15H,4-8H2,1-3H3;1H3,(H,3,4). The minimum atomic E-state index is -0.833. The number of carboxylic acids is 1. The molecule has 0 unspecified atom stereocenters. The molecule has 0 radical (unpaired) electrons. The maximum Gasteiger partial charge on any atom is 0.316 e. The number of rotatable bonds is 5. The maximum absolute atomic E-state index is 11.8. The number of thioether (sulfide) groups is 1. The van der Waals surface area contributed by atoms with Crippen LogP contribution in [0.5, 0.6) is 0 Å². The van der Waals surface area contributed by atoms with Crippen LogP contribution in [0.4, 0.5) is 0 Å². The first-order valence-electron chi connectivity index (χ1n) is 8.76. The van der Waals surface area contributed by atoms with Crippen molar-refractivity contribution in [1.29, 1.82) is 0 Å². The lowest BCUT2D eigenvalue weighted by atomic mass is 9.97. The minimum Gasteiger partial charge on any atom is -0.481 e. The van der Waals surface area contributed by atoms with Crippen molar-refractivity contribution in [2.45, 2.75) is 36.6 Å². The molecule has 0 bridgehead atoms. The van der Waals surface area contributed by atoms with E-state index >= 15 is 0 Å². The summed E-state index contributed by atoms with van der Waals surface area (Å²) in [4.78, 5) is 26.3. The Morgan fingerprint density at radius 1 is 1.32 bits per heavy atom. The van der Waals surface area contributed by atoms with Gasteiger partial charge < -0.3 is 24.4 Å². The zero-order chi connectivity index (χ0) is 20.7. The monoisotopic (exact) mass is 411 g/mol. The second-order valence-corrected chi connectivity index (χ2v) is 7.39. The highest BCUT2D eigenvalue weighted by Gasteiger charge is 2.22. The lowest BCUT2D eigenvalue weighted by Gasteiger charge is -2.21. The molecule has 1 aliphatic rings. The van der Waals surface area contributed by atoms with E-state index in [1.165, 1.54) is 16.7 Å². The Kier molecular flexibility index (Phi) is 7.93. The van der Waals surface area contributed by atoms with Crippen molar-refractivity contribution in [3.05, 3.63) is 17.5 Å². The summed E-state index contributed by atoms with van der Waals surface area (Å²) < 4.78 is 7.03. The van der Waals surface area contributed by atoms with Gasteiger partial charge in [0, 0.05) is 34.0 Å². The molecule has 2 N–H and O–H groups in total. The predicted molar refractivity (Wildman–Crippen MR) is 101 cm³/mol. The number of amides is 1. The van der Waals surface area contributed by atoms with Gasteiger partial charge in [-0.05, 0) is 25.9 Å². The smallest absolute Gasteiger partial charge is 0.316 e. The van der Waals surface area contributed by atoms with Crippen molar-refractivity contribution in [3.63, 3.8) is 0 Å². The summed E-state index contributed by atoms with van der Waals surface area (Å²) in [7, 11) is 5.27. The number of hydrogen-bond acceptors (Lipinski definition) is 9. The van der Waals surface area contributed by atoms with Gasteiger partial charge in [0.05, 0.1) is 5.75 Å². The Morgan fingerprint density at radius 3 is 2.57 bits per heavy atom. The molecule has 0 aliphatic carbocycles. The Morgan fingerprint density at radius 2 is 1.96 bits per heavy atom. The number of carbonyl (C=O) groups excluding carboxylic acids is 1. The van der Waals surface area contributed by atoms with Crippen LogP contribution in [0.1, 0.15) is 48.0 Å². The van der Waals surface area contributed by atoms with Crippen LogP contribution in [0, 0.1) is 0 Å². The first-order chi connectivity index (χ1) is 13.3. The summed E-state index contributed by atoms with van der Waals surface area (Å²) in [6, 6.07) is 0. The second-order valence-electron chi connectivity index (χ2n) is 6.45. The quantitative estimate of drug-likeness (QED) is 0.677. The summed E-state index contributed by atoms with van der Waals surface area (Å²) in [5.74, 6) is 1.29. The van der Waals surface area contributed by atoms with Gasteiger partial charge in [0.25, 0.3) is 5.97 Å². The third-order valence-electron chi connectivity index (χ3n) is 3.96. The molecule has 1 aliphatic heterocycles. The molecule has 11 nitrogen and oxygen atoms in total. The van der Waals surface area contributed by atoms with Crippen molar-refractivity contribution in [2.75, 3.05) is 27.2 Å². The molecule has 154 valence electrons. The Bertz CT molecular complexity index is 795. The van der Waals surface area contributed by atoms with E-state index in [2.05, 4.69) is 25.7 Å². The number of piperidine rings is 1. The molecule has 2 aromatic heterocycles. The van der Waals surface area contributed by atoms with Gasteiger partial charge in [0.2, 0.25) is 0 Å². The van der Waals surface area contributed by atoms with E-state index in [9.17, 15) is 4.79 Å². The van der Waals surface area contributed by atoms with Crippen LogP contribution < -0.4 is 5.32 Å². The average Bonchev–Trinajstić information content (AvgIpc) is 3.26. The SMILES string of the molecule is CC(=O)O.CN(C)C(=O)c1nc(CSc2nnc(C3CCNCC3)n2C)no1. The number of aliphatic carboxylic acids is 1. The summed E-state index contributed by atoms with van der Waals surface area (Å²) in [5.41, 5.74) is 0. The van der Waals surface area contributed by atoms with E-state index in [0.717, 1.165) is 43.8 Å². The molecular formula is C16H25N7O4S. The zero-order valence-corrected chi connectivity index (χ0v) is 17.2. The molecule has 28 heavy (non-hydrogen) atoms. The first kappa shape index (κ1) is 21.8. The van der Waals surface area contributed by atoms with Crippen LogP contribution >= 0.6 is 11.8 Å². The molecule has 3 rings (SSSR count). The van der Waals surface area contributed by atoms with Crippen LogP contribution in [0.3, 0.4) is 0 Å². The molecule has 1 saturated heterocycles. The van der Waals surface area contributed by atoms with Crippen LogP contribution in [-0.2, 0) is 17.6 Å². The van der Waals surface area contributed by atoms with E-state index in [0.29, 0.717) is 17.5 Å². The van der Waals surface area contributed by atoms with E-state index in [1.807, 2.05) is 11.6 Å². The van der Waals surface area contributed by atoms with Crippen LogP contribution in [-0.4, -0.2) is 74.0 Å². The molecule has 2 aromatic rings. The number of carbonyl (C=O) groups is 2. The highest BCUT2D eigenvalue weighted by Crippen LogP contribution is 2.27. The zero-order valence-electron chi connectivity index (χ0n) is 16.4. The van der Waals surface area contributed by atoms with Gasteiger partial charge >= 0.3 is 11.8 Å². The second kappa shape index (κ2) is 10.2. The van der Waals surface area contributed by atoms with E-state index in [1.54, 1.807) is 14.1 Å². The lowest BCUT2D eigenvalue weighted by Crippen LogP contribution is -2.27. The maximum atomic E-state index is 11.8. The molecule has 12 heteroatoms. The van der Waals surface area contributed by atoms with E-state index in [4.69, 9.17) is 14.4 Å². The van der Waals surface area contributed by atoms with Gasteiger partial charge in [0.15, 0.2) is 11.0 Å². The highest BCUT2D eigenvalue weighted by atomic mass is 32.2. The number of hydrogen-bond donors (Lipinski definition) is 2. The molecule has 0 aromatic carbocycles. The number of aromatic nitrogens is 5. The fraction of sp³-hybridized carbons (Fsp3) is 0.625. The Balaban J connectivity index is 0.000000640. The summed E-state index contributed by atoms with van der Waals surface area (Å²) in [5, 5.41) is 24.0. The van der Waals surface area contributed by atoms with Crippen molar-refractivity contribution < 1.29 is 19.2 Å². The van der Waals surface area contributed by atoms with Crippen molar-refractivity contribution in [3.8, 4) is 0 Å². The van der Waals surface area contributed by atoms with Crippen LogP contribution in [0.25, 0.3) is 0 Å². The fourth-order valence-electron chi connectivity index (χ4n) is 2.61. The van der Waals surface area contributed by atoms with Gasteiger partial charge in [-0.15, -0.1) is 10.2 Å². The van der Waals surface area contributed by atoms with Gasteiger partial charge in [-0.1, -0.05) is 16.9 Å². The molecule has 0 atom stereocenters.